The van der Waals surface area contributed by atoms with Crippen LogP contribution in [0.2, 0.25) is 36.3 Å². The monoisotopic (exact) mass is 416 g/mol. The average molecular weight is 417 g/mol. The first kappa shape index (κ1) is 27.3. The summed E-state index contributed by atoms with van der Waals surface area (Å²) in [6.07, 6.45) is 6.91. The fourth-order valence-electron chi connectivity index (χ4n) is 3.07. The molecule has 0 spiro atoms. The second kappa shape index (κ2) is 10.9. The summed E-state index contributed by atoms with van der Waals surface area (Å²) >= 11 is 0. The molecule has 0 aliphatic heterocycles. The number of hydrogen-bond donors (Lipinski definition) is 2. The number of unbranched alkanes of at least 4 members (excludes halogenated alkanes) is 2. The van der Waals surface area contributed by atoms with E-state index >= 15 is 0 Å². The van der Waals surface area contributed by atoms with Gasteiger partial charge in [0.05, 0.1) is 16.1 Å². The van der Waals surface area contributed by atoms with Gasteiger partial charge >= 0.3 is 0 Å². The Kier molecular flexibility index (Phi) is 11.0. The predicted octanol–water partition coefficient (Wildman–Crippen LogP) is 6.09. The van der Waals surface area contributed by atoms with E-state index in [4.69, 9.17) is 16.2 Å². The van der Waals surface area contributed by atoms with Gasteiger partial charge in [-0.1, -0.05) is 67.7 Å². The van der Waals surface area contributed by atoms with Crippen molar-refractivity contribution in [3.05, 3.63) is 0 Å². The van der Waals surface area contributed by atoms with Crippen LogP contribution in [0.5, 0.6) is 0 Å². The summed E-state index contributed by atoms with van der Waals surface area (Å²) in [4.78, 5) is 0. The smallest absolute Gasteiger partial charge is 0.0715 e. The van der Waals surface area contributed by atoms with E-state index in [9.17, 15) is 0 Å². The maximum Gasteiger partial charge on any atom is 0.0715 e. The molecule has 0 saturated heterocycles. The van der Waals surface area contributed by atoms with Gasteiger partial charge in [0.15, 0.2) is 0 Å². The van der Waals surface area contributed by atoms with Crippen LogP contribution < -0.4 is 11.5 Å². The molecule has 0 heterocycles. The Balaban J connectivity index is 3.83. The Morgan fingerprint density at radius 3 is 1.19 bits per heavy atom. The second-order valence-corrected chi connectivity index (χ2v) is 23.1. The third kappa shape index (κ3) is 8.69. The van der Waals surface area contributed by atoms with Crippen molar-refractivity contribution in [2.45, 2.75) is 128 Å². The zero-order chi connectivity index (χ0) is 21.5. The van der Waals surface area contributed by atoms with Crippen LogP contribution in [0.3, 0.4) is 0 Å². The molecule has 0 aromatic heterocycles. The van der Waals surface area contributed by atoms with Gasteiger partial charge in [0.25, 0.3) is 0 Å². The van der Waals surface area contributed by atoms with E-state index < -0.39 is 16.1 Å². The summed E-state index contributed by atoms with van der Waals surface area (Å²) in [6, 6.07) is 0. The lowest BCUT2D eigenvalue weighted by atomic mass is 10.2. The molecule has 2 unspecified atom stereocenters. The Bertz CT molecular complexity index is 374. The molecule has 4 N–H and O–H groups in total. The van der Waals surface area contributed by atoms with Crippen LogP contribution in [-0.2, 0) is 4.74 Å². The molecule has 164 valence electrons. The molecule has 27 heavy (non-hydrogen) atoms. The van der Waals surface area contributed by atoms with Crippen molar-refractivity contribution < 1.29 is 4.74 Å². The predicted molar refractivity (Wildman–Crippen MR) is 129 cm³/mol. The van der Waals surface area contributed by atoms with Crippen LogP contribution in [-0.4, -0.2) is 40.7 Å². The molecule has 0 aliphatic rings. The molecule has 0 aliphatic carbocycles. The van der Waals surface area contributed by atoms with Gasteiger partial charge in [-0.15, -0.1) is 0 Å². The zero-order valence-electron chi connectivity index (χ0n) is 20.4. The van der Waals surface area contributed by atoms with Gasteiger partial charge in [-0.2, -0.15) is 0 Å². The Hall–Kier alpha value is 0.314. The fraction of sp³-hybridized carbons (Fsp3) is 1.00. The van der Waals surface area contributed by atoms with Crippen molar-refractivity contribution in [1.29, 1.82) is 0 Å². The molecule has 0 radical (unpaired) electrons. The van der Waals surface area contributed by atoms with Crippen LogP contribution in [0.25, 0.3) is 0 Å². The van der Waals surface area contributed by atoms with E-state index in [0.29, 0.717) is 21.4 Å². The quantitative estimate of drug-likeness (QED) is 0.299. The number of rotatable bonds is 12. The highest BCUT2D eigenvalue weighted by Gasteiger charge is 2.40. The summed E-state index contributed by atoms with van der Waals surface area (Å²) in [5.74, 6) is 0. The summed E-state index contributed by atoms with van der Waals surface area (Å²) in [6.45, 7) is 25.6. The highest BCUT2D eigenvalue weighted by molar-refractivity contribution is 6.82. The summed E-state index contributed by atoms with van der Waals surface area (Å²) in [7, 11) is -2.81. The van der Waals surface area contributed by atoms with E-state index in [1.807, 2.05) is 0 Å². The number of ether oxygens (including phenoxy) is 1. The van der Waals surface area contributed by atoms with Crippen LogP contribution in [0.1, 0.15) is 80.1 Å². The summed E-state index contributed by atoms with van der Waals surface area (Å²) in [5.41, 5.74) is 13.8. The molecule has 0 saturated carbocycles. The first-order chi connectivity index (χ1) is 12.0. The maximum atomic E-state index is 6.52. The van der Waals surface area contributed by atoms with Crippen LogP contribution >= 0.6 is 0 Å². The largest absolute Gasteiger partial charge is 0.381 e. The third-order valence-corrected chi connectivity index (χ3v) is 19.8. The third-order valence-electron chi connectivity index (χ3n) is 7.83. The highest BCUT2D eigenvalue weighted by Crippen LogP contribution is 2.39. The number of nitrogens with two attached hydrogens (primary N) is 2. The number of hydrogen-bond acceptors (Lipinski definition) is 3. The second-order valence-electron chi connectivity index (χ2n) is 11.8. The Morgan fingerprint density at radius 1 is 0.630 bits per heavy atom. The molecule has 0 bridgehead atoms. The molecule has 0 aromatic rings. The minimum Gasteiger partial charge on any atom is -0.381 e. The van der Waals surface area contributed by atoms with Crippen LogP contribution in [0.4, 0.5) is 0 Å². The van der Waals surface area contributed by atoms with Gasteiger partial charge in [0, 0.05) is 13.2 Å². The van der Waals surface area contributed by atoms with Crippen LogP contribution in [0.15, 0.2) is 0 Å². The molecule has 3 nitrogen and oxygen atoms in total. The van der Waals surface area contributed by atoms with E-state index in [2.05, 4.69) is 67.7 Å². The lowest BCUT2D eigenvalue weighted by Gasteiger charge is -2.41. The van der Waals surface area contributed by atoms with E-state index in [-0.39, 0.29) is 0 Å². The van der Waals surface area contributed by atoms with Gasteiger partial charge < -0.3 is 16.2 Å². The van der Waals surface area contributed by atoms with Crippen molar-refractivity contribution in [3.8, 4) is 0 Å². The first-order valence-corrected chi connectivity index (χ1v) is 17.3. The van der Waals surface area contributed by atoms with Gasteiger partial charge in [0.2, 0.25) is 0 Å². The van der Waals surface area contributed by atoms with E-state index in [0.717, 1.165) is 38.9 Å². The first-order valence-electron chi connectivity index (χ1n) is 11.1. The van der Waals surface area contributed by atoms with E-state index in [1.54, 1.807) is 0 Å². The minimum absolute atomic E-state index is 0.369. The maximum absolute atomic E-state index is 6.52. The van der Waals surface area contributed by atoms with Gasteiger partial charge in [0.1, 0.15) is 0 Å². The summed E-state index contributed by atoms with van der Waals surface area (Å²) < 4.78 is 5.84. The molecular formula is C22H52N2OSi2. The molecule has 0 aromatic carbocycles. The van der Waals surface area contributed by atoms with Crippen molar-refractivity contribution in [2.24, 2.45) is 11.5 Å². The van der Waals surface area contributed by atoms with Gasteiger partial charge in [-0.05, 0) is 59.9 Å². The molecular weight excluding hydrogens is 364 g/mol. The van der Waals surface area contributed by atoms with E-state index in [1.165, 1.54) is 12.8 Å². The van der Waals surface area contributed by atoms with Crippen LogP contribution in [0, 0.1) is 0 Å². The molecule has 5 heteroatoms. The molecule has 0 amide bonds. The topological polar surface area (TPSA) is 61.3 Å². The zero-order valence-corrected chi connectivity index (χ0v) is 22.4. The van der Waals surface area contributed by atoms with Crippen molar-refractivity contribution in [1.82, 2.24) is 0 Å². The fourth-order valence-corrected chi connectivity index (χ4v) is 7.15. The minimum atomic E-state index is -1.41. The van der Waals surface area contributed by atoms with Crippen molar-refractivity contribution in [3.63, 3.8) is 0 Å². The summed E-state index contributed by atoms with van der Waals surface area (Å²) in [5, 5.41) is 0.738. The average Bonchev–Trinajstić information content (AvgIpc) is 2.50. The van der Waals surface area contributed by atoms with Crippen molar-refractivity contribution >= 4 is 16.1 Å². The van der Waals surface area contributed by atoms with Gasteiger partial charge in [-0.3, -0.25) is 0 Å². The Morgan fingerprint density at radius 2 is 0.926 bits per heavy atom. The molecule has 2 atom stereocenters. The molecule has 0 fully saturated rings. The standard InChI is InChI=1S/C22H52N2OSi2/c1-21(2,3)26(7,8)19(23)15-11-13-17-25-18-14-12-16-20(24)27(9,10)22(4,5)6/h19-20H,11-18,23-24H2,1-10H3. The highest BCUT2D eigenvalue weighted by atomic mass is 28.3. The lowest BCUT2D eigenvalue weighted by molar-refractivity contribution is 0.126. The molecule has 0 rings (SSSR count). The Labute approximate surface area is 173 Å². The SMILES string of the molecule is CC(C)(C)[Si](C)(C)C(N)CCCCOCCCCC(N)[Si](C)(C)C(C)(C)C. The van der Waals surface area contributed by atoms with Gasteiger partial charge in [-0.25, -0.2) is 0 Å². The lowest BCUT2D eigenvalue weighted by Crippen LogP contribution is -2.54. The normalized spacial score (nSPS) is 16.4. The van der Waals surface area contributed by atoms with Crippen molar-refractivity contribution in [2.75, 3.05) is 13.2 Å².